The third-order valence-corrected chi connectivity index (χ3v) is 5.90. The van der Waals surface area contributed by atoms with E-state index in [0.29, 0.717) is 5.56 Å². The zero-order valence-corrected chi connectivity index (χ0v) is 15.5. The van der Waals surface area contributed by atoms with Crippen LogP contribution in [0.5, 0.6) is 0 Å². The Hall–Kier alpha value is -2.72. The second kappa shape index (κ2) is 6.89. The van der Waals surface area contributed by atoms with Crippen molar-refractivity contribution in [2.75, 3.05) is 19.5 Å². The van der Waals surface area contributed by atoms with E-state index in [-0.39, 0.29) is 5.97 Å². The summed E-state index contributed by atoms with van der Waals surface area (Å²) >= 11 is 1.72. The van der Waals surface area contributed by atoms with E-state index in [1.807, 2.05) is 25.2 Å². The third kappa shape index (κ3) is 2.67. The minimum Gasteiger partial charge on any atom is -0.465 e. The van der Waals surface area contributed by atoms with Crippen molar-refractivity contribution < 1.29 is 9.53 Å². The van der Waals surface area contributed by atoms with E-state index >= 15 is 0 Å². The second-order valence-electron chi connectivity index (χ2n) is 6.09. The molecule has 2 aliphatic rings. The molecule has 4 rings (SSSR count). The van der Waals surface area contributed by atoms with Crippen LogP contribution < -0.4 is 5.32 Å². The predicted octanol–water partition coefficient (Wildman–Crippen LogP) is 5.38. The van der Waals surface area contributed by atoms with Crippen LogP contribution >= 0.6 is 11.8 Å². The Morgan fingerprint density at radius 2 is 2.00 bits per heavy atom. The molecule has 0 aromatic heterocycles. The average molecular weight is 361 g/mol. The fraction of sp³-hybridized carbons (Fsp3) is 0.136. The molecule has 0 radical (unpaired) electrons. The summed E-state index contributed by atoms with van der Waals surface area (Å²) in [7, 11) is 3.37. The molecular formula is C22H19NO2S. The zero-order chi connectivity index (χ0) is 18.1. The van der Waals surface area contributed by atoms with Gasteiger partial charge in [0, 0.05) is 33.7 Å². The standard InChI is InChI=1S/C22H19NO2S/c1-23-18-12-6-5-10-16(18)21-15-9-4-3-8-14(15)20-17(22(24)25-2)11-7-13-19(20)26-21/h3-8,10-13,23H,9H2,1-2H3. The highest BCUT2D eigenvalue weighted by molar-refractivity contribution is 8.08. The average Bonchev–Trinajstić information content (AvgIpc) is 2.72. The van der Waals surface area contributed by atoms with Gasteiger partial charge in [-0.2, -0.15) is 0 Å². The largest absolute Gasteiger partial charge is 0.465 e. The van der Waals surface area contributed by atoms with E-state index < -0.39 is 0 Å². The molecule has 1 N–H and O–H groups in total. The number of rotatable bonds is 3. The van der Waals surface area contributed by atoms with Gasteiger partial charge in [-0.25, -0.2) is 4.79 Å². The number of carbonyl (C=O) groups excluding carboxylic acids is 1. The smallest absolute Gasteiger partial charge is 0.338 e. The van der Waals surface area contributed by atoms with Crippen LogP contribution in [0.25, 0.3) is 10.5 Å². The molecule has 0 unspecified atom stereocenters. The molecule has 2 aromatic carbocycles. The third-order valence-electron chi connectivity index (χ3n) is 4.67. The van der Waals surface area contributed by atoms with Crippen LogP contribution in [0.2, 0.25) is 0 Å². The number of para-hydroxylation sites is 1. The fourth-order valence-electron chi connectivity index (χ4n) is 3.47. The van der Waals surface area contributed by atoms with E-state index in [4.69, 9.17) is 4.74 Å². The van der Waals surface area contributed by atoms with E-state index in [9.17, 15) is 4.79 Å². The van der Waals surface area contributed by atoms with Gasteiger partial charge in [-0.1, -0.05) is 54.3 Å². The van der Waals surface area contributed by atoms with Gasteiger partial charge in [0.25, 0.3) is 0 Å². The highest BCUT2D eigenvalue weighted by Gasteiger charge is 2.29. The van der Waals surface area contributed by atoms with Gasteiger partial charge in [0.05, 0.1) is 12.7 Å². The first-order valence-electron chi connectivity index (χ1n) is 8.51. The number of ether oxygens (including phenoxy) is 1. The Morgan fingerprint density at radius 3 is 2.81 bits per heavy atom. The molecule has 0 saturated heterocycles. The quantitative estimate of drug-likeness (QED) is 0.746. The van der Waals surface area contributed by atoms with Gasteiger partial charge < -0.3 is 10.1 Å². The number of hydrogen-bond donors (Lipinski definition) is 1. The molecule has 0 bridgehead atoms. The topological polar surface area (TPSA) is 38.3 Å². The summed E-state index contributed by atoms with van der Waals surface area (Å²) in [5.41, 5.74) is 6.26. The molecular weight excluding hydrogens is 342 g/mol. The number of thioether (sulfide) groups is 1. The number of methoxy groups -OCH3 is 1. The van der Waals surface area contributed by atoms with Crippen molar-refractivity contribution in [2.45, 2.75) is 11.3 Å². The van der Waals surface area contributed by atoms with Crippen LogP contribution in [0.4, 0.5) is 5.69 Å². The highest BCUT2D eigenvalue weighted by atomic mass is 32.2. The number of benzene rings is 2. The molecule has 130 valence electrons. The van der Waals surface area contributed by atoms with Crippen molar-refractivity contribution in [2.24, 2.45) is 0 Å². The predicted molar refractivity (Wildman–Crippen MR) is 108 cm³/mol. The first-order chi connectivity index (χ1) is 12.7. The summed E-state index contributed by atoms with van der Waals surface area (Å²) in [5, 5.41) is 3.29. The first kappa shape index (κ1) is 16.7. The number of esters is 1. The van der Waals surface area contributed by atoms with Crippen LogP contribution in [0.3, 0.4) is 0 Å². The SMILES string of the molecule is CNc1ccccc1C1=C2CC=CC=C2c2c(cccc2C(=O)OC)S1. The normalized spacial score (nSPS) is 15.1. The summed E-state index contributed by atoms with van der Waals surface area (Å²) in [6.45, 7) is 0. The highest BCUT2D eigenvalue weighted by Crippen LogP contribution is 2.52. The number of carbonyl (C=O) groups is 1. The summed E-state index contributed by atoms with van der Waals surface area (Å²) < 4.78 is 5.01. The van der Waals surface area contributed by atoms with Gasteiger partial charge in [-0.15, -0.1) is 0 Å². The van der Waals surface area contributed by atoms with Gasteiger partial charge in [0.15, 0.2) is 0 Å². The van der Waals surface area contributed by atoms with Crippen LogP contribution in [0.1, 0.15) is 27.9 Å². The lowest BCUT2D eigenvalue weighted by atomic mass is 9.87. The molecule has 0 spiro atoms. The lowest BCUT2D eigenvalue weighted by molar-refractivity contribution is 0.0600. The molecule has 1 heterocycles. The molecule has 0 fully saturated rings. The Labute approximate surface area is 157 Å². The molecule has 26 heavy (non-hydrogen) atoms. The Balaban J connectivity index is 1.95. The number of fused-ring (bicyclic) bond motifs is 3. The van der Waals surface area contributed by atoms with Gasteiger partial charge in [0.1, 0.15) is 0 Å². The van der Waals surface area contributed by atoms with Crippen molar-refractivity contribution >= 4 is 33.9 Å². The molecule has 0 amide bonds. The maximum atomic E-state index is 12.3. The van der Waals surface area contributed by atoms with Crippen LogP contribution in [0, 0.1) is 0 Å². The summed E-state index contributed by atoms with van der Waals surface area (Å²) in [6, 6.07) is 14.2. The molecule has 2 aromatic rings. The number of nitrogens with one attached hydrogen (secondary N) is 1. The van der Waals surface area contributed by atoms with Crippen LogP contribution in [0.15, 0.2) is 71.2 Å². The molecule has 1 aliphatic heterocycles. The van der Waals surface area contributed by atoms with Gasteiger partial charge in [-0.3, -0.25) is 0 Å². The lowest BCUT2D eigenvalue weighted by Gasteiger charge is -2.28. The summed E-state index contributed by atoms with van der Waals surface area (Å²) in [5.74, 6) is -0.295. The molecule has 1 aliphatic carbocycles. The van der Waals surface area contributed by atoms with Crippen molar-refractivity contribution in [1.82, 2.24) is 0 Å². The van der Waals surface area contributed by atoms with Crippen molar-refractivity contribution in [3.63, 3.8) is 0 Å². The van der Waals surface area contributed by atoms with Gasteiger partial charge in [0.2, 0.25) is 0 Å². The van der Waals surface area contributed by atoms with Crippen molar-refractivity contribution in [1.29, 1.82) is 0 Å². The minimum absolute atomic E-state index is 0.295. The van der Waals surface area contributed by atoms with Crippen molar-refractivity contribution in [3.8, 4) is 0 Å². The van der Waals surface area contributed by atoms with Crippen LogP contribution in [-0.2, 0) is 4.74 Å². The first-order valence-corrected chi connectivity index (χ1v) is 9.33. The Bertz CT molecular complexity index is 985. The number of hydrogen-bond acceptors (Lipinski definition) is 4. The fourth-order valence-corrected chi connectivity index (χ4v) is 4.77. The number of allylic oxidation sites excluding steroid dienone is 5. The van der Waals surface area contributed by atoms with E-state index in [1.165, 1.54) is 23.2 Å². The number of anilines is 1. The van der Waals surface area contributed by atoms with E-state index in [0.717, 1.165) is 28.1 Å². The minimum atomic E-state index is -0.295. The van der Waals surface area contributed by atoms with Gasteiger partial charge in [-0.05, 0) is 35.8 Å². The van der Waals surface area contributed by atoms with Crippen LogP contribution in [-0.4, -0.2) is 20.1 Å². The lowest BCUT2D eigenvalue weighted by Crippen LogP contribution is -2.11. The summed E-state index contributed by atoms with van der Waals surface area (Å²) in [6.07, 6.45) is 7.17. The molecule has 3 nitrogen and oxygen atoms in total. The molecule has 4 heteroatoms. The Kier molecular flexibility index (Phi) is 4.43. The maximum Gasteiger partial charge on any atom is 0.338 e. The monoisotopic (exact) mass is 361 g/mol. The summed E-state index contributed by atoms with van der Waals surface area (Å²) in [4.78, 5) is 14.6. The second-order valence-corrected chi connectivity index (χ2v) is 7.14. The van der Waals surface area contributed by atoms with Gasteiger partial charge >= 0.3 is 5.97 Å². The van der Waals surface area contributed by atoms with E-state index in [1.54, 1.807) is 11.8 Å². The Morgan fingerprint density at radius 1 is 1.15 bits per heavy atom. The van der Waals surface area contributed by atoms with E-state index in [2.05, 4.69) is 47.8 Å². The molecule has 0 saturated carbocycles. The zero-order valence-electron chi connectivity index (χ0n) is 14.7. The maximum absolute atomic E-state index is 12.3. The molecule has 0 atom stereocenters. The van der Waals surface area contributed by atoms with Crippen molar-refractivity contribution in [3.05, 3.63) is 83.0 Å².